The molecule has 0 N–H and O–H groups in total. The molecule has 1 rings (SSSR count). The molecule has 0 bridgehead atoms. The molecule has 0 radical (unpaired) electrons. The highest BCUT2D eigenvalue weighted by Gasteiger charge is 2.25. The van der Waals surface area contributed by atoms with Gasteiger partial charge >= 0.3 is 0 Å². The fraction of sp³-hybridized carbons (Fsp3) is 1.00. The zero-order valence-corrected chi connectivity index (χ0v) is 7.56. The van der Waals surface area contributed by atoms with E-state index in [2.05, 4.69) is 21.7 Å². The summed E-state index contributed by atoms with van der Waals surface area (Å²) in [6.07, 6.45) is 5.86. The molecule has 1 aliphatic rings. The molecule has 0 aromatic rings. The summed E-state index contributed by atoms with van der Waals surface area (Å²) in [4.78, 5) is 0. The minimum atomic E-state index is 0.970. The van der Waals surface area contributed by atoms with Gasteiger partial charge in [0.1, 0.15) is 7.85 Å². The molecule has 0 amide bonds. The first-order valence-corrected chi connectivity index (χ1v) is 4.72. The summed E-state index contributed by atoms with van der Waals surface area (Å²) < 4.78 is 0. The van der Waals surface area contributed by atoms with Gasteiger partial charge in [-0.1, -0.05) is 32.5 Å². The summed E-state index contributed by atoms with van der Waals surface area (Å²) in [6, 6.07) is 0. The monoisotopic (exact) mass is 138 g/mol. The molecule has 1 aliphatic carbocycles. The van der Waals surface area contributed by atoms with Gasteiger partial charge in [-0.05, 0) is 24.7 Å². The minimum Gasteiger partial charge on any atom is -0.0697 e. The van der Waals surface area contributed by atoms with Crippen LogP contribution in [0.2, 0.25) is 5.82 Å². The van der Waals surface area contributed by atoms with Crippen LogP contribution in [-0.2, 0) is 0 Å². The molecule has 0 aliphatic heterocycles. The summed E-state index contributed by atoms with van der Waals surface area (Å²) in [5.41, 5.74) is 0. The fourth-order valence-corrected chi connectivity index (χ4v) is 2.00. The van der Waals surface area contributed by atoms with Crippen LogP contribution in [0.25, 0.3) is 0 Å². The van der Waals surface area contributed by atoms with E-state index in [1.54, 1.807) is 0 Å². The van der Waals surface area contributed by atoms with Crippen LogP contribution >= 0.6 is 0 Å². The molecule has 1 heteroatoms. The van der Waals surface area contributed by atoms with Gasteiger partial charge in [-0.15, -0.1) is 0 Å². The van der Waals surface area contributed by atoms with Gasteiger partial charge in [-0.25, -0.2) is 0 Å². The first kappa shape index (κ1) is 8.16. The van der Waals surface area contributed by atoms with Gasteiger partial charge < -0.3 is 0 Å². The second kappa shape index (κ2) is 3.45. The number of rotatable bonds is 3. The highest BCUT2D eigenvalue weighted by molar-refractivity contribution is 6.11. The Morgan fingerprint density at radius 2 is 2.10 bits per heavy atom. The summed E-state index contributed by atoms with van der Waals surface area (Å²) in [5, 5.41) is 0. The predicted octanol–water partition coefficient (Wildman–Crippen LogP) is 2.25. The van der Waals surface area contributed by atoms with Crippen molar-refractivity contribution < 1.29 is 0 Å². The molecule has 10 heavy (non-hydrogen) atoms. The van der Waals surface area contributed by atoms with E-state index in [1.165, 1.54) is 25.7 Å². The van der Waals surface area contributed by atoms with E-state index in [0.29, 0.717) is 0 Å². The second-order valence-electron chi connectivity index (χ2n) is 4.19. The van der Waals surface area contributed by atoms with Gasteiger partial charge in [0.2, 0.25) is 0 Å². The lowest BCUT2D eigenvalue weighted by Gasteiger charge is -2.34. The van der Waals surface area contributed by atoms with Crippen LogP contribution in [0, 0.1) is 11.8 Å². The summed E-state index contributed by atoms with van der Waals surface area (Å²) >= 11 is 0. The highest BCUT2D eigenvalue weighted by Crippen LogP contribution is 2.38. The molecule has 0 spiro atoms. The third kappa shape index (κ3) is 2.03. The Morgan fingerprint density at radius 1 is 1.50 bits per heavy atom. The SMILES string of the molecule is BC(CC)CC1CC(C)C1. The summed E-state index contributed by atoms with van der Waals surface area (Å²) in [7, 11) is 2.38. The Hall–Kier alpha value is 0.0649. The second-order valence-corrected chi connectivity index (χ2v) is 4.19. The standard InChI is InChI=1S/C9H19B/c1-3-9(10)6-8-4-7(2)5-8/h7-9H,3-6,10H2,1-2H3. The lowest BCUT2D eigenvalue weighted by molar-refractivity contribution is 0.196. The van der Waals surface area contributed by atoms with Crippen LogP contribution in [0.4, 0.5) is 0 Å². The molecule has 1 fully saturated rings. The van der Waals surface area contributed by atoms with Crippen LogP contribution in [-0.4, -0.2) is 7.85 Å². The molecule has 0 heterocycles. The quantitative estimate of drug-likeness (QED) is 0.524. The molecule has 1 atom stereocenters. The van der Waals surface area contributed by atoms with Gasteiger partial charge in [0.15, 0.2) is 0 Å². The van der Waals surface area contributed by atoms with Crippen molar-refractivity contribution in [1.29, 1.82) is 0 Å². The van der Waals surface area contributed by atoms with E-state index in [9.17, 15) is 0 Å². The van der Waals surface area contributed by atoms with Crippen LogP contribution in [0.1, 0.15) is 39.5 Å². The normalized spacial score (nSPS) is 35.0. The third-order valence-corrected chi connectivity index (χ3v) is 2.90. The molecule has 0 aromatic carbocycles. The molecule has 0 saturated heterocycles. The molecule has 1 saturated carbocycles. The van der Waals surface area contributed by atoms with E-state index in [1.807, 2.05) is 0 Å². The molecule has 1 unspecified atom stereocenters. The van der Waals surface area contributed by atoms with E-state index in [-0.39, 0.29) is 0 Å². The Balaban J connectivity index is 2.04. The average molecular weight is 138 g/mol. The number of hydrogen-bond acceptors (Lipinski definition) is 0. The van der Waals surface area contributed by atoms with Crippen molar-refractivity contribution in [3.63, 3.8) is 0 Å². The van der Waals surface area contributed by atoms with E-state index >= 15 is 0 Å². The van der Waals surface area contributed by atoms with Crippen molar-refractivity contribution in [2.75, 3.05) is 0 Å². The predicted molar refractivity (Wildman–Crippen MR) is 49.1 cm³/mol. The highest BCUT2D eigenvalue weighted by atomic mass is 14.3. The van der Waals surface area contributed by atoms with Crippen LogP contribution in [0.3, 0.4) is 0 Å². The first-order valence-electron chi connectivity index (χ1n) is 4.72. The lowest BCUT2D eigenvalue weighted by Crippen LogP contribution is -2.22. The zero-order valence-electron chi connectivity index (χ0n) is 7.56. The third-order valence-electron chi connectivity index (χ3n) is 2.90. The first-order chi connectivity index (χ1) is 4.72. The van der Waals surface area contributed by atoms with Gasteiger partial charge in [-0.2, -0.15) is 0 Å². The minimum absolute atomic E-state index is 0.970. The molecular formula is C9H19B. The fourth-order valence-electron chi connectivity index (χ4n) is 2.00. The van der Waals surface area contributed by atoms with Crippen molar-refractivity contribution in [1.82, 2.24) is 0 Å². The van der Waals surface area contributed by atoms with Crippen LogP contribution < -0.4 is 0 Å². The van der Waals surface area contributed by atoms with Gasteiger partial charge in [0.05, 0.1) is 0 Å². The summed E-state index contributed by atoms with van der Waals surface area (Å²) in [5.74, 6) is 3.09. The molecular weight excluding hydrogens is 119 g/mol. The zero-order chi connectivity index (χ0) is 7.56. The van der Waals surface area contributed by atoms with Crippen molar-refractivity contribution in [2.45, 2.75) is 45.3 Å². The largest absolute Gasteiger partial charge is 0.105 e. The maximum absolute atomic E-state index is 2.38. The Labute approximate surface area is 65.8 Å². The molecule has 58 valence electrons. The van der Waals surface area contributed by atoms with Gasteiger partial charge in [0, 0.05) is 0 Å². The van der Waals surface area contributed by atoms with Gasteiger partial charge in [-0.3, -0.25) is 0 Å². The Bertz CT molecular complexity index is 94.9. The number of hydrogen-bond donors (Lipinski definition) is 0. The maximum atomic E-state index is 2.38. The van der Waals surface area contributed by atoms with E-state index in [4.69, 9.17) is 0 Å². The van der Waals surface area contributed by atoms with Crippen LogP contribution in [0.15, 0.2) is 0 Å². The Kier molecular flexibility index (Phi) is 2.82. The van der Waals surface area contributed by atoms with Crippen molar-refractivity contribution in [3.05, 3.63) is 0 Å². The van der Waals surface area contributed by atoms with Crippen molar-refractivity contribution in [2.24, 2.45) is 11.8 Å². The van der Waals surface area contributed by atoms with Crippen LogP contribution in [0.5, 0.6) is 0 Å². The average Bonchev–Trinajstić information content (AvgIpc) is 1.84. The van der Waals surface area contributed by atoms with Crippen molar-refractivity contribution >= 4 is 7.85 Å². The van der Waals surface area contributed by atoms with Gasteiger partial charge in [0.25, 0.3) is 0 Å². The lowest BCUT2D eigenvalue weighted by atomic mass is 9.67. The Morgan fingerprint density at radius 3 is 2.50 bits per heavy atom. The smallest absolute Gasteiger partial charge is 0.0697 e. The maximum Gasteiger partial charge on any atom is 0.105 e. The molecule has 0 aromatic heterocycles. The van der Waals surface area contributed by atoms with Crippen molar-refractivity contribution in [3.8, 4) is 0 Å². The van der Waals surface area contributed by atoms with E-state index < -0.39 is 0 Å². The summed E-state index contributed by atoms with van der Waals surface area (Å²) in [6.45, 7) is 4.67. The topological polar surface area (TPSA) is 0 Å². The van der Waals surface area contributed by atoms with E-state index in [0.717, 1.165) is 17.7 Å². The molecule has 0 nitrogen and oxygen atoms in total.